The molecule has 0 saturated heterocycles. The number of nitrogens with one attached hydrogen (secondary N) is 3. The zero-order valence-electron chi connectivity index (χ0n) is 21.3. The summed E-state index contributed by atoms with van der Waals surface area (Å²) in [6.07, 6.45) is 1.93. The smallest absolute Gasteiger partial charge is 0.335 e. The number of aryl methyl sites for hydroxylation is 1. The number of carboxylic acids is 1. The van der Waals surface area contributed by atoms with Gasteiger partial charge in [0.15, 0.2) is 0 Å². The number of anilines is 2. The molecule has 38 heavy (non-hydrogen) atoms. The SMILES string of the molecule is COc1cc(C(C(=O)NCCOc2ccc(C(=O)O)cc2)C2CC2)ccc1NC(=O)Nc1ccccc1C. The number of hydrogen-bond acceptors (Lipinski definition) is 5. The highest BCUT2D eigenvalue weighted by Gasteiger charge is 2.37. The fraction of sp³-hybridized carbons (Fsp3) is 0.276. The Bertz CT molecular complexity index is 1300. The van der Waals surface area contributed by atoms with Crippen molar-refractivity contribution >= 4 is 29.3 Å². The van der Waals surface area contributed by atoms with Gasteiger partial charge in [0.05, 0.1) is 30.8 Å². The molecule has 1 fully saturated rings. The first-order chi connectivity index (χ1) is 18.4. The van der Waals surface area contributed by atoms with Crippen molar-refractivity contribution in [3.8, 4) is 11.5 Å². The van der Waals surface area contributed by atoms with Gasteiger partial charge in [-0.05, 0) is 79.3 Å². The van der Waals surface area contributed by atoms with E-state index in [-0.39, 0.29) is 35.9 Å². The first-order valence-electron chi connectivity index (χ1n) is 12.4. The summed E-state index contributed by atoms with van der Waals surface area (Å²) >= 11 is 0. The number of methoxy groups -OCH3 is 1. The van der Waals surface area contributed by atoms with Crippen LogP contribution < -0.4 is 25.4 Å². The molecule has 0 spiro atoms. The summed E-state index contributed by atoms with van der Waals surface area (Å²) in [5.74, 6) is -0.199. The van der Waals surface area contributed by atoms with Gasteiger partial charge >= 0.3 is 12.0 Å². The fourth-order valence-electron chi connectivity index (χ4n) is 4.21. The van der Waals surface area contributed by atoms with Crippen LogP contribution in [0.5, 0.6) is 11.5 Å². The van der Waals surface area contributed by atoms with Crippen LogP contribution in [0.1, 0.15) is 40.2 Å². The average molecular weight is 518 g/mol. The molecule has 1 unspecified atom stereocenters. The molecular weight excluding hydrogens is 486 g/mol. The molecular formula is C29H31N3O6. The number of carbonyl (C=O) groups is 3. The van der Waals surface area contributed by atoms with E-state index in [9.17, 15) is 14.4 Å². The van der Waals surface area contributed by atoms with Crippen LogP contribution in [0.15, 0.2) is 66.7 Å². The molecule has 3 aromatic rings. The van der Waals surface area contributed by atoms with Gasteiger partial charge in [0.1, 0.15) is 18.1 Å². The van der Waals surface area contributed by atoms with Crippen molar-refractivity contribution in [2.24, 2.45) is 5.92 Å². The summed E-state index contributed by atoms with van der Waals surface area (Å²) in [6, 6.07) is 18.6. The number of para-hydroxylation sites is 1. The van der Waals surface area contributed by atoms with E-state index in [1.165, 1.54) is 19.2 Å². The zero-order chi connectivity index (χ0) is 27.1. The number of hydrogen-bond donors (Lipinski definition) is 4. The highest BCUT2D eigenvalue weighted by molar-refractivity contribution is 6.01. The summed E-state index contributed by atoms with van der Waals surface area (Å²) in [5, 5.41) is 17.6. The number of carbonyl (C=O) groups excluding carboxylic acids is 2. The summed E-state index contributed by atoms with van der Waals surface area (Å²) in [4.78, 5) is 36.6. The maximum absolute atomic E-state index is 13.1. The van der Waals surface area contributed by atoms with Crippen LogP contribution in [0.25, 0.3) is 0 Å². The van der Waals surface area contributed by atoms with Gasteiger partial charge in [0.25, 0.3) is 0 Å². The van der Waals surface area contributed by atoms with Gasteiger partial charge < -0.3 is 30.5 Å². The van der Waals surface area contributed by atoms with E-state index in [4.69, 9.17) is 14.6 Å². The van der Waals surface area contributed by atoms with E-state index >= 15 is 0 Å². The minimum Gasteiger partial charge on any atom is -0.495 e. The number of ether oxygens (including phenoxy) is 2. The Labute approximate surface area is 221 Å². The maximum atomic E-state index is 13.1. The van der Waals surface area contributed by atoms with Gasteiger partial charge in [-0.25, -0.2) is 9.59 Å². The van der Waals surface area contributed by atoms with E-state index in [1.54, 1.807) is 24.3 Å². The minimum absolute atomic E-state index is 0.0996. The molecule has 0 radical (unpaired) electrons. The van der Waals surface area contributed by atoms with Crippen molar-refractivity contribution in [3.05, 3.63) is 83.4 Å². The van der Waals surface area contributed by atoms with Crippen LogP contribution in [0, 0.1) is 12.8 Å². The minimum atomic E-state index is -0.999. The van der Waals surface area contributed by atoms with Crippen molar-refractivity contribution in [2.45, 2.75) is 25.7 Å². The summed E-state index contributed by atoms with van der Waals surface area (Å²) < 4.78 is 11.1. The van der Waals surface area contributed by atoms with E-state index in [2.05, 4.69) is 16.0 Å². The van der Waals surface area contributed by atoms with Crippen LogP contribution in [0.3, 0.4) is 0 Å². The van der Waals surface area contributed by atoms with Crippen molar-refractivity contribution in [1.82, 2.24) is 5.32 Å². The number of amides is 3. The van der Waals surface area contributed by atoms with Crippen LogP contribution in [0.4, 0.5) is 16.2 Å². The second-order valence-electron chi connectivity index (χ2n) is 9.14. The predicted molar refractivity (Wildman–Crippen MR) is 144 cm³/mol. The van der Waals surface area contributed by atoms with Gasteiger partial charge in [-0.1, -0.05) is 24.3 Å². The Balaban J connectivity index is 1.35. The summed E-state index contributed by atoms with van der Waals surface area (Å²) in [5.41, 5.74) is 3.16. The largest absolute Gasteiger partial charge is 0.495 e. The molecule has 4 N–H and O–H groups in total. The quantitative estimate of drug-likeness (QED) is 0.264. The number of rotatable bonds is 11. The lowest BCUT2D eigenvalue weighted by Gasteiger charge is -2.19. The number of benzene rings is 3. The van der Waals surface area contributed by atoms with Crippen molar-refractivity contribution in [2.75, 3.05) is 30.9 Å². The van der Waals surface area contributed by atoms with Crippen LogP contribution in [-0.2, 0) is 4.79 Å². The van der Waals surface area contributed by atoms with Gasteiger partial charge in [-0.3, -0.25) is 4.79 Å². The van der Waals surface area contributed by atoms with E-state index in [0.717, 1.165) is 24.0 Å². The van der Waals surface area contributed by atoms with Crippen LogP contribution in [-0.4, -0.2) is 43.3 Å². The number of urea groups is 1. The Morgan fingerprint density at radius 2 is 1.68 bits per heavy atom. The first-order valence-corrected chi connectivity index (χ1v) is 12.4. The van der Waals surface area contributed by atoms with Crippen molar-refractivity contribution in [3.63, 3.8) is 0 Å². The van der Waals surface area contributed by atoms with E-state index in [0.29, 0.717) is 29.4 Å². The van der Waals surface area contributed by atoms with E-state index in [1.807, 2.05) is 37.3 Å². The maximum Gasteiger partial charge on any atom is 0.335 e. The topological polar surface area (TPSA) is 126 Å². The lowest BCUT2D eigenvalue weighted by atomic mass is 9.92. The molecule has 3 amide bonds. The van der Waals surface area contributed by atoms with E-state index < -0.39 is 5.97 Å². The normalized spacial score (nSPS) is 13.2. The van der Waals surface area contributed by atoms with Gasteiger partial charge in [-0.2, -0.15) is 0 Å². The zero-order valence-corrected chi connectivity index (χ0v) is 21.3. The molecule has 1 saturated carbocycles. The third kappa shape index (κ3) is 6.82. The monoisotopic (exact) mass is 517 g/mol. The molecule has 0 heterocycles. The average Bonchev–Trinajstić information content (AvgIpc) is 3.74. The Morgan fingerprint density at radius 3 is 2.34 bits per heavy atom. The Morgan fingerprint density at radius 1 is 0.974 bits per heavy atom. The number of aromatic carboxylic acids is 1. The molecule has 1 aliphatic rings. The fourth-order valence-corrected chi connectivity index (χ4v) is 4.21. The molecule has 1 aliphatic carbocycles. The van der Waals surface area contributed by atoms with Crippen molar-refractivity contribution < 1.29 is 29.0 Å². The second-order valence-corrected chi connectivity index (χ2v) is 9.14. The standard InChI is InChI=1S/C29H31N3O6/c1-18-5-3-4-6-23(18)31-29(36)32-24-14-11-21(17-25(24)37-2)26(19-7-8-19)27(33)30-15-16-38-22-12-9-20(10-13-22)28(34)35/h3-6,9-14,17,19,26H,7-8,15-16H2,1-2H3,(H,30,33)(H,34,35)(H2,31,32,36). The molecule has 198 valence electrons. The van der Waals surface area contributed by atoms with Crippen LogP contribution in [0.2, 0.25) is 0 Å². The third-order valence-corrected chi connectivity index (χ3v) is 6.37. The predicted octanol–water partition coefficient (Wildman–Crippen LogP) is 5.03. The van der Waals surface area contributed by atoms with Crippen molar-refractivity contribution in [1.29, 1.82) is 0 Å². The Hall–Kier alpha value is -4.53. The highest BCUT2D eigenvalue weighted by atomic mass is 16.5. The lowest BCUT2D eigenvalue weighted by molar-refractivity contribution is -0.123. The molecule has 4 rings (SSSR count). The molecule has 0 bridgehead atoms. The Kier molecular flexibility index (Phi) is 8.47. The van der Waals surface area contributed by atoms with Gasteiger partial charge in [0.2, 0.25) is 5.91 Å². The summed E-state index contributed by atoms with van der Waals surface area (Å²) in [6.45, 7) is 2.47. The number of carboxylic acid groups (broad SMARTS) is 1. The van der Waals surface area contributed by atoms with Crippen LogP contribution >= 0.6 is 0 Å². The molecule has 9 heteroatoms. The van der Waals surface area contributed by atoms with Gasteiger partial charge in [0, 0.05) is 5.69 Å². The third-order valence-electron chi connectivity index (χ3n) is 6.37. The highest BCUT2D eigenvalue weighted by Crippen LogP contribution is 2.44. The van der Waals surface area contributed by atoms with Gasteiger partial charge in [-0.15, -0.1) is 0 Å². The molecule has 3 aromatic carbocycles. The first kappa shape index (κ1) is 26.5. The molecule has 1 atom stereocenters. The summed E-state index contributed by atoms with van der Waals surface area (Å²) in [7, 11) is 1.52. The lowest BCUT2D eigenvalue weighted by Crippen LogP contribution is -2.33. The second kappa shape index (κ2) is 12.1. The molecule has 0 aromatic heterocycles. The molecule has 9 nitrogen and oxygen atoms in total. The molecule has 0 aliphatic heterocycles.